The Kier molecular flexibility index (Phi) is 2.20. The Bertz CT molecular complexity index is 312. The molecule has 1 heterocycles. The van der Waals surface area contributed by atoms with Gasteiger partial charge in [0.25, 0.3) is 0 Å². The summed E-state index contributed by atoms with van der Waals surface area (Å²) in [4.78, 5) is 0. The molecule has 3 nitrogen and oxygen atoms in total. The van der Waals surface area contributed by atoms with Crippen LogP contribution in [0.1, 0.15) is 11.1 Å². The minimum absolute atomic E-state index is 0.356. The summed E-state index contributed by atoms with van der Waals surface area (Å²) < 4.78 is 0. The van der Waals surface area contributed by atoms with E-state index >= 15 is 0 Å². The summed E-state index contributed by atoms with van der Waals surface area (Å²) in [5.74, 6) is 0.389. The molecule has 1 aromatic carbocycles. The highest BCUT2D eigenvalue weighted by Crippen LogP contribution is 2.24. The SMILES string of the molecule is NCC1Cc2cccc(O)c2CN1. The van der Waals surface area contributed by atoms with Crippen molar-refractivity contribution >= 4 is 0 Å². The Morgan fingerprint density at radius 1 is 1.54 bits per heavy atom. The number of hydrogen-bond donors (Lipinski definition) is 3. The molecule has 0 aromatic heterocycles. The van der Waals surface area contributed by atoms with Gasteiger partial charge in [-0.15, -0.1) is 0 Å². The van der Waals surface area contributed by atoms with Gasteiger partial charge in [-0.3, -0.25) is 0 Å². The fraction of sp³-hybridized carbons (Fsp3) is 0.400. The van der Waals surface area contributed by atoms with Gasteiger partial charge in [0.2, 0.25) is 0 Å². The van der Waals surface area contributed by atoms with Crippen LogP contribution in [0.5, 0.6) is 5.75 Å². The Balaban J connectivity index is 2.31. The fourth-order valence-electron chi connectivity index (χ4n) is 1.77. The molecule has 0 saturated heterocycles. The van der Waals surface area contributed by atoms with E-state index < -0.39 is 0 Å². The van der Waals surface area contributed by atoms with E-state index in [4.69, 9.17) is 5.73 Å². The summed E-state index contributed by atoms with van der Waals surface area (Å²) in [5.41, 5.74) is 7.81. The summed E-state index contributed by atoms with van der Waals surface area (Å²) in [6, 6.07) is 6.02. The Morgan fingerprint density at radius 2 is 2.38 bits per heavy atom. The minimum Gasteiger partial charge on any atom is -0.508 e. The molecule has 0 bridgehead atoms. The van der Waals surface area contributed by atoms with Crippen molar-refractivity contribution in [2.75, 3.05) is 6.54 Å². The van der Waals surface area contributed by atoms with Crippen molar-refractivity contribution in [3.63, 3.8) is 0 Å². The van der Waals surface area contributed by atoms with Gasteiger partial charge < -0.3 is 16.2 Å². The zero-order valence-corrected chi connectivity index (χ0v) is 7.46. The van der Waals surface area contributed by atoms with Crippen LogP contribution in [-0.4, -0.2) is 17.7 Å². The Hall–Kier alpha value is -1.06. The highest BCUT2D eigenvalue weighted by atomic mass is 16.3. The maximum absolute atomic E-state index is 9.54. The molecular weight excluding hydrogens is 164 g/mol. The van der Waals surface area contributed by atoms with E-state index in [-0.39, 0.29) is 0 Å². The smallest absolute Gasteiger partial charge is 0.120 e. The first-order valence-corrected chi connectivity index (χ1v) is 4.54. The van der Waals surface area contributed by atoms with E-state index in [0.29, 0.717) is 18.3 Å². The molecule has 70 valence electrons. The van der Waals surface area contributed by atoms with Crippen LogP contribution >= 0.6 is 0 Å². The first-order valence-electron chi connectivity index (χ1n) is 4.54. The Labute approximate surface area is 77.6 Å². The van der Waals surface area contributed by atoms with Gasteiger partial charge in [-0.1, -0.05) is 12.1 Å². The standard InChI is InChI=1S/C10H14N2O/c11-5-8-4-7-2-1-3-10(13)9(7)6-12-8/h1-3,8,12-13H,4-6,11H2. The first-order chi connectivity index (χ1) is 6.31. The average Bonchev–Trinajstić information content (AvgIpc) is 2.18. The highest BCUT2D eigenvalue weighted by Gasteiger charge is 2.18. The van der Waals surface area contributed by atoms with E-state index in [1.54, 1.807) is 6.07 Å². The molecule has 0 spiro atoms. The number of rotatable bonds is 1. The average molecular weight is 178 g/mol. The second kappa shape index (κ2) is 3.36. The molecular formula is C10H14N2O. The van der Waals surface area contributed by atoms with Crippen molar-refractivity contribution < 1.29 is 5.11 Å². The highest BCUT2D eigenvalue weighted by molar-refractivity contribution is 5.41. The summed E-state index contributed by atoms with van der Waals surface area (Å²) in [6.07, 6.45) is 0.917. The molecule has 0 fully saturated rings. The molecule has 1 atom stereocenters. The molecule has 1 aromatic rings. The predicted octanol–water partition coefficient (Wildman–Crippen LogP) is 0.365. The quantitative estimate of drug-likeness (QED) is 0.582. The molecule has 0 saturated carbocycles. The second-order valence-electron chi connectivity index (χ2n) is 3.43. The van der Waals surface area contributed by atoms with Crippen molar-refractivity contribution in [1.29, 1.82) is 0 Å². The number of fused-ring (bicyclic) bond motifs is 1. The molecule has 0 aliphatic carbocycles. The molecule has 0 amide bonds. The number of phenolic OH excluding ortho intramolecular Hbond substituents is 1. The number of benzene rings is 1. The van der Waals surface area contributed by atoms with Gasteiger partial charge in [-0.2, -0.15) is 0 Å². The largest absolute Gasteiger partial charge is 0.508 e. The molecule has 13 heavy (non-hydrogen) atoms. The van der Waals surface area contributed by atoms with Gasteiger partial charge in [0.05, 0.1) is 0 Å². The van der Waals surface area contributed by atoms with Crippen LogP contribution in [0.15, 0.2) is 18.2 Å². The normalized spacial score (nSPS) is 21.2. The number of nitrogens with two attached hydrogens (primary N) is 1. The first kappa shape index (κ1) is 8.53. The number of nitrogens with one attached hydrogen (secondary N) is 1. The van der Waals surface area contributed by atoms with E-state index in [1.807, 2.05) is 6.07 Å². The van der Waals surface area contributed by atoms with Crippen molar-refractivity contribution in [3.8, 4) is 5.75 Å². The monoisotopic (exact) mass is 178 g/mol. The van der Waals surface area contributed by atoms with Gasteiger partial charge in [-0.05, 0) is 18.1 Å². The summed E-state index contributed by atoms with van der Waals surface area (Å²) in [6.45, 7) is 1.37. The number of aromatic hydroxyl groups is 1. The van der Waals surface area contributed by atoms with Crippen LogP contribution in [0.25, 0.3) is 0 Å². The van der Waals surface area contributed by atoms with E-state index in [1.165, 1.54) is 5.56 Å². The molecule has 0 radical (unpaired) electrons. The summed E-state index contributed by atoms with van der Waals surface area (Å²) in [5, 5.41) is 12.8. The van der Waals surface area contributed by atoms with Gasteiger partial charge in [0.1, 0.15) is 5.75 Å². The van der Waals surface area contributed by atoms with Gasteiger partial charge in [-0.25, -0.2) is 0 Å². The lowest BCUT2D eigenvalue weighted by molar-refractivity contribution is 0.437. The van der Waals surface area contributed by atoms with E-state index in [0.717, 1.165) is 18.5 Å². The third-order valence-corrected chi connectivity index (χ3v) is 2.57. The minimum atomic E-state index is 0.356. The lowest BCUT2D eigenvalue weighted by Gasteiger charge is -2.25. The van der Waals surface area contributed by atoms with E-state index in [2.05, 4.69) is 11.4 Å². The topological polar surface area (TPSA) is 58.3 Å². The van der Waals surface area contributed by atoms with Gasteiger partial charge in [0, 0.05) is 24.7 Å². The summed E-state index contributed by atoms with van der Waals surface area (Å²) >= 11 is 0. The van der Waals surface area contributed by atoms with Crippen molar-refractivity contribution in [2.45, 2.75) is 19.0 Å². The maximum Gasteiger partial charge on any atom is 0.120 e. The van der Waals surface area contributed by atoms with Gasteiger partial charge in [0.15, 0.2) is 0 Å². The number of phenols is 1. The van der Waals surface area contributed by atoms with Crippen LogP contribution in [0.4, 0.5) is 0 Å². The van der Waals surface area contributed by atoms with Crippen molar-refractivity contribution in [1.82, 2.24) is 5.32 Å². The lowest BCUT2D eigenvalue weighted by Crippen LogP contribution is -2.40. The molecule has 2 rings (SSSR count). The second-order valence-corrected chi connectivity index (χ2v) is 3.43. The van der Waals surface area contributed by atoms with Crippen LogP contribution in [0, 0.1) is 0 Å². The molecule has 1 aliphatic rings. The van der Waals surface area contributed by atoms with Crippen LogP contribution in [0.2, 0.25) is 0 Å². The number of hydrogen-bond acceptors (Lipinski definition) is 3. The lowest BCUT2D eigenvalue weighted by atomic mass is 9.95. The summed E-state index contributed by atoms with van der Waals surface area (Å²) in [7, 11) is 0. The molecule has 1 unspecified atom stereocenters. The van der Waals surface area contributed by atoms with Crippen LogP contribution in [0.3, 0.4) is 0 Å². The van der Waals surface area contributed by atoms with Gasteiger partial charge >= 0.3 is 0 Å². The molecule has 3 heteroatoms. The van der Waals surface area contributed by atoms with Crippen molar-refractivity contribution in [3.05, 3.63) is 29.3 Å². The third-order valence-electron chi connectivity index (χ3n) is 2.57. The van der Waals surface area contributed by atoms with E-state index in [9.17, 15) is 5.11 Å². The molecule has 4 N–H and O–H groups in total. The maximum atomic E-state index is 9.54. The fourth-order valence-corrected chi connectivity index (χ4v) is 1.77. The van der Waals surface area contributed by atoms with Crippen molar-refractivity contribution in [2.24, 2.45) is 5.73 Å². The third kappa shape index (κ3) is 1.53. The zero-order chi connectivity index (χ0) is 9.26. The molecule has 1 aliphatic heterocycles. The predicted molar refractivity (Wildman–Crippen MR) is 51.5 cm³/mol. The Morgan fingerprint density at radius 3 is 3.15 bits per heavy atom. The van der Waals surface area contributed by atoms with Crippen LogP contribution < -0.4 is 11.1 Å². The van der Waals surface area contributed by atoms with Crippen LogP contribution in [-0.2, 0) is 13.0 Å². The zero-order valence-electron chi connectivity index (χ0n) is 7.46.